The lowest BCUT2D eigenvalue weighted by atomic mass is 9.54. The molecule has 32 heavy (non-hydrogen) atoms. The Bertz CT molecular complexity index is 828. The van der Waals surface area contributed by atoms with E-state index in [9.17, 15) is 15.3 Å². The van der Waals surface area contributed by atoms with Gasteiger partial charge >= 0.3 is 0 Å². The van der Waals surface area contributed by atoms with Gasteiger partial charge in [-0.25, -0.2) is 0 Å². The van der Waals surface area contributed by atoms with Crippen molar-refractivity contribution in [3.8, 4) is 0 Å². The minimum absolute atomic E-state index is 0.205. The second kappa shape index (κ2) is 8.56. The fraction of sp³-hybridized carbons (Fsp3) is 0.724. The zero-order valence-electron chi connectivity index (χ0n) is 20.6. The van der Waals surface area contributed by atoms with Crippen LogP contribution in [0.5, 0.6) is 0 Å². The first-order valence-electron chi connectivity index (χ1n) is 12.8. The maximum Gasteiger partial charge on any atom is 0.0811 e. The van der Waals surface area contributed by atoms with Crippen molar-refractivity contribution in [3.05, 3.63) is 47.6 Å². The average molecular weight is 441 g/mol. The van der Waals surface area contributed by atoms with E-state index in [1.54, 1.807) is 5.57 Å². The van der Waals surface area contributed by atoms with Gasteiger partial charge in [0, 0.05) is 11.8 Å². The number of aliphatic hydroxyl groups is 3. The summed E-state index contributed by atoms with van der Waals surface area (Å²) in [5, 5.41) is 31.3. The Labute approximate surface area is 195 Å². The summed E-state index contributed by atoms with van der Waals surface area (Å²) in [6.07, 6.45) is 17.4. The molecule has 4 aliphatic rings. The van der Waals surface area contributed by atoms with Crippen LogP contribution in [-0.2, 0) is 0 Å². The minimum atomic E-state index is -0.735. The molecule has 0 aliphatic heterocycles. The average Bonchev–Trinajstić information content (AvgIpc) is 3.10. The third-order valence-electron chi connectivity index (χ3n) is 9.93. The van der Waals surface area contributed by atoms with Gasteiger partial charge in [0.15, 0.2) is 0 Å². The highest BCUT2D eigenvalue weighted by molar-refractivity contribution is 5.39. The molecule has 0 aromatic carbocycles. The number of allylic oxidation sites excluding steroid dienone is 4. The highest BCUT2D eigenvalue weighted by atomic mass is 16.3. The molecule has 3 heteroatoms. The highest BCUT2D eigenvalue weighted by Crippen LogP contribution is 2.64. The van der Waals surface area contributed by atoms with E-state index in [1.807, 2.05) is 13.8 Å². The van der Waals surface area contributed by atoms with E-state index >= 15 is 0 Å². The van der Waals surface area contributed by atoms with Crippen LogP contribution in [0.4, 0.5) is 0 Å². The molecule has 7 atom stereocenters. The van der Waals surface area contributed by atoms with Crippen molar-refractivity contribution in [2.45, 2.75) is 103 Å². The molecule has 0 aromatic heterocycles. The molecule has 0 heterocycles. The van der Waals surface area contributed by atoms with Crippen molar-refractivity contribution >= 4 is 0 Å². The van der Waals surface area contributed by atoms with E-state index in [0.29, 0.717) is 36.0 Å². The lowest BCUT2D eigenvalue weighted by molar-refractivity contribution is -0.0407. The van der Waals surface area contributed by atoms with Crippen LogP contribution in [0.2, 0.25) is 0 Å². The van der Waals surface area contributed by atoms with Crippen molar-refractivity contribution < 1.29 is 15.3 Å². The number of rotatable bonds is 2. The van der Waals surface area contributed by atoms with E-state index in [2.05, 4.69) is 44.7 Å². The van der Waals surface area contributed by atoms with Crippen molar-refractivity contribution in [1.29, 1.82) is 0 Å². The lowest BCUT2D eigenvalue weighted by Gasteiger charge is -2.51. The molecule has 178 valence electrons. The molecule has 4 aliphatic carbocycles. The summed E-state index contributed by atoms with van der Waals surface area (Å²) in [6, 6.07) is 0. The molecule has 0 amide bonds. The van der Waals surface area contributed by atoms with Crippen molar-refractivity contribution in [2.24, 2.45) is 28.6 Å². The summed E-state index contributed by atoms with van der Waals surface area (Å²) >= 11 is 0. The summed E-state index contributed by atoms with van der Waals surface area (Å²) < 4.78 is 0. The summed E-state index contributed by atoms with van der Waals surface area (Å²) in [4.78, 5) is 0. The molecule has 3 N–H and O–H groups in total. The zero-order chi connectivity index (χ0) is 23.3. The molecular weight excluding hydrogens is 396 g/mol. The van der Waals surface area contributed by atoms with E-state index in [-0.39, 0.29) is 5.41 Å². The molecule has 0 radical (unpaired) electrons. The fourth-order valence-corrected chi connectivity index (χ4v) is 7.41. The smallest absolute Gasteiger partial charge is 0.0811 e. The zero-order valence-corrected chi connectivity index (χ0v) is 20.6. The first-order valence-corrected chi connectivity index (χ1v) is 12.8. The van der Waals surface area contributed by atoms with Crippen LogP contribution in [0.3, 0.4) is 0 Å². The fourth-order valence-electron chi connectivity index (χ4n) is 7.41. The maximum absolute atomic E-state index is 11.0. The highest BCUT2D eigenvalue weighted by Gasteiger charge is 2.55. The Kier molecular flexibility index (Phi) is 6.42. The van der Waals surface area contributed by atoms with Gasteiger partial charge < -0.3 is 15.3 Å². The molecule has 3 saturated carbocycles. The van der Waals surface area contributed by atoms with Crippen LogP contribution in [0.25, 0.3) is 0 Å². The predicted octanol–water partition coefficient (Wildman–Crippen LogP) is 5.87. The van der Waals surface area contributed by atoms with Crippen molar-refractivity contribution in [3.63, 3.8) is 0 Å². The van der Waals surface area contributed by atoms with Gasteiger partial charge in [0.25, 0.3) is 0 Å². The van der Waals surface area contributed by atoms with Crippen LogP contribution in [0.1, 0.15) is 85.5 Å². The van der Waals surface area contributed by atoms with Gasteiger partial charge in [-0.05, 0) is 99.5 Å². The molecule has 3 fully saturated rings. The molecule has 0 saturated heterocycles. The van der Waals surface area contributed by atoms with Crippen LogP contribution in [0.15, 0.2) is 47.6 Å². The second-order valence-corrected chi connectivity index (χ2v) is 12.1. The number of hydrogen-bond donors (Lipinski definition) is 3. The quantitative estimate of drug-likeness (QED) is 0.471. The Hall–Kier alpha value is -1.16. The van der Waals surface area contributed by atoms with Crippen molar-refractivity contribution in [2.75, 3.05) is 0 Å². The first-order chi connectivity index (χ1) is 15.0. The van der Waals surface area contributed by atoms with Gasteiger partial charge in [0.2, 0.25) is 0 Å². The monoisotopic (exact) mass is 440 g/mol. The second-order valence-electron chi connectivity index (χ2n) is 12.1. The Morgan fingerprint density at radius 3 is 2.59 bits per heavy atom. The van der Waals surface area contributed by atoms with Crippen LogP contribution in [-0.4, -0.2) is 33.1 Å². The Morgan fingerprint density at radius 1 is 1.12 bits per heavy atom. The molecule has 0 unspecified atom stereocenters. The van der Waals surface area contributed by atoms with E-state index in [4.69, 9.17) is 0 Å². The topological polar surface area (TPSA) is 60.7 Å². The molecule has 4 rings (SSSR count). The van der Waals surface area contributed by atoms with E-state index in [1.165, 1.54) is 32.1 Å². The molecule has 3 nitrogen and oxygen atoms in total. The molecule has 1 spiro atoms. The van der Waals surface area contributed by atoms with Crippen LogP contribution in [0, 0.1) is 28.6 Å². The summed E-state index contributed by atoms with van der Waals surface area (Å²) in [5.41, 5.74) is 2.71. The minimum Gasteiger partial charge on any atom is -0.393 e. The third-order valence-corrected chi connectivity index (χ3v) is 9.93. The van der Waals surface area contributed by atoms with E-state index in [0.717, 1.165) is 24.0 Å². The largest absolute Gasteiger partial charge is 0.393 e. The third kappa shape index (κ3) is 4.10. The van der Waals surface area contributed by atoms with Crippen molar-refractivity contribution in [1.82, 2.24) is 0 Å². The van der Waals surface area contributed by atoms with Gasteiger partial charge in [-0.3, -0.25) is 0 Å². The standard InChI is InChI=1S/C29H44O3/c1-19-12-14-28(5,27(3,4)32)15-16-29-13-6-7-21(25(29)11-10-24(19)29)8-9-22-17-23(30)18-26(31)20(22)2/h8-9,12,14,19,23-26,30-32H,2,6-7,10-11,13,15-18H2,1,3-5H3/b14-12+,21-8+,22-9-/t19-,23-,24-,25+,26+,28+,29+/m1/s1. The van der Waals surface area contributed by atoms with Gasteiger partial charge in [0.05, 0.1) is 17.8 Å². The summed E-state index contributed by atoms with van der Waals surface area (Å²) in [7, 11) is 0. The Morgan fingerprint density at radius 2 is 1.88 bits per heavy atom. The SMILES string of the molecule is C=C1/C(=C\C=C2/CCC[C@]34CC[C@@](C)(C(C)(C)O)/C=C/[C@@H](C)[C@H]3CC[C@@H]24)C[C@@H](O)C[C@@H]1O. The summed E-state index contributed by atoms with van der Waals surface area (Å²) in [5.74, 6) is 1.84. The number of hydrogen-bond acceptors (Lipinski definition) is 3. The predicted molar refractivity (Wildman–Crippen MR) is 131 cm³/mol. The molecule has 0 bridgehead atoms. The van der Waals surface area contributed by atoms with Crippen LogP contribution < -0.4 is 0 Å². The first kappa shape index (κ1) is 24.0. The van der Waals surface area contributed by atoms with E-state index < -0.39 is 17.8 Å². The molecular formula is C29H44O3. The summed E-state index contributed by atoms with van der Waals surface area (Å²) in [6.45, 7) is 12.6. The normalized spacial score (nSPS) is 46.5. The Balaban J connectivity index is 1.65. The van der Waals surface area contributed by atoms with Crippen LogP contribution >= 0.6 is 0 Å². The maximum atomic E-state index is 11.0. The van der Waals surface area contributed by atoms with Gasteiger partial charge in [-0.15, -0.1) is 0 Å². The lowest BCUT2D eigenvalue weighted by Crippen LogP contribution is -2.45. The molecule has 0 aromatic rings. The van der Waals surface area contributed by atoms with Gasteiger partial charge in [-0.2, -0.15) is 0 Å². The number of aliphatic hydroxyl groups excluding tert-OH is 2. The van der Waals surface area contributed by atoms with Gasteiger partial charge in [0.1, 0.15) is 0 Å². The van der Waals surface area contributed by atoms with Gasteiger partial charge in [-0.1, -0.05) is 50.3 Å².